The Morgan fingerprint density at radius 2 is 1.89 bits per heavy atom. The van der Waals surface area contributed by atoms with Crippen molar-refractivity contribution in [1.82, 2.24) is 9.97 Å². The van der Waals surface area contributed by atoms with E-state index in [4.69, 9.17) is 5.73 Å². The molecule has 0 aliphatic rings. The lowest BCUT2D eigenvalue weighted by Gasteiger charge is -2.12. The third-order valence-electron chi connectivity index (χ3n) is 3.11. The molecule has 19 heavy (non-hydrogen) atoms. The van der Waals surface area contributed by atoms with Gasteiger partial charge >= 0.3 is 0 Å². The summed E-state index contributed by atoms with van der Waals surface area (Å²) in [4.78, 5) is 10.0. The number of H-pyrrole nitrogens is 1. The minimum Gasteiger partial charge on any atom is -0.378 e. The van der Waals surface area contributed by atoms with Crippen molar-refractivity contribution in [3.8, 4) is 11.3 Å². The lowest BCUT2D eigenvalue weighted by molar-refractivity contribution is 0.709. The SMILES string of the molecule is Cc1[nH]c(CC(C)N)nc1-c1ccc(N(C)C)cc1. The minimum atomic E-state index is 0.120. The Morgan fingerprint density at radius 3 is 2.42 bits per heavy atom. The second-order valence-electron chi connectivity index (χ2n) is 5.28. The monoisotopic (exact) mass is 258 g/mol. The van der Waals surface area contributed by atoms with E-state index in [9.17, 15) is 0 Å². The molecule has 3 N–H and O–H groups in total. The van der Waals surface area contributed by atoms with Gasteiger partial charge in [0.25, 0.3) is 0 Å². The Balaban J connectivity index is 2.28. The number of nitrogens with two attached hydrogens (primary N) is 1. The molecule has 4 nitrogen and oxygen atoms in total. The van der Waals surface area contributed by atoms with Gasteiger partial charge in [-0.05, 0) is 26.0 Å². The Kier molecular flexibility index (Phi) is 3.90. The highest BCUT2D eigenvalue weighted by atomic mass is 15.1. The van der Waals surface area contributed by atoms with Gasteiger partial charge < -0.3 is 15.6 Å². The van der Waals surface area contributed by atoms with Crippen LogP contribution in [0.4, 0.5) is 5.69 Å². The first-order valence-corrected chi connectivity index (χ1v) is 6.56. The van der Waals surface area contributed by atoms with Crippen LogP contribution in [0.2, 0.25) is 0 Å². The number of aromatic nitrogens is 2. The molecule has 1 aromatic heterocycles. The van der Waals surface area contributed by atoms with Crippen molar-refractivity contribution in [3.05, 3.63) is 35.8 Å². The first kappa shape index (κ1) is 13.6. The molecule has 0 saturated carbocycles. The number of anilines is 1. The molecule has 0 bridgehead atoms. The maximum atomic E-state index is 5.81. The summed E-state index contributed by atoms with van der Waals surface area (Å²) in [6.07, 6.45) is 0.774. The molecule has 0 spiro atoms. The quantitative estimate of drug-likeness (QED) is 0.885. The van der Waals surface area contributed by atoms with Crippen LogP contribution in [0.5, 0.6) is 0 Å². The number of imidazole rings is 1. The summed E-state index contributed by atoms with van der Waals surface area (Å²) in [5.41, 5.74) is 10.2. The van der Waals surface area contributed by atoms with Gasteiger partial charge in [-0.3, -0.25) is 0 Å². The first-order valence-electron chi connectivity index (χ1n) is 6.56. The standard InChI is InChI=1S/C15H22N4/c1-10(16)9-14-17-11(2)15(18-14)12-5-7-13(8-6-12)19(3)4/h5-8,10H,9,16H2,1-4H3,(H,17,18). The summed E-state index contributed by atoms with van der Waals surface area (Å²) >= 11 is 0. The van der Waals surface area contributed by atoms with Gasteiger partial charge in [0.05, 0.1) is 5.69 Å². The van der Waals surface area contributed by atoms with Crippen LogP contribution in [0.3, 0.4) is 0 Å². The Morgan fingerprint density at radius 1 is 1.26 bits per heavy atom. The lowest BCUT2D eigenvalue weighted by atomic mass is 10.1. The topological polar surface area (TPSA) is 57.9 Å². The summed E-state index contributed by atoms with van der Waals surface area (Å²) < 4.78 is 0. The summed E-state index contributed by atoms with van der Waals surface area (Å²) in [6.45, 7) is 4.04. The number of rotatable bonds is 4. The third kappa shape index (κ3) is 3.15. The van der Waals surface area contributed by atoms with E-state index < -0.39 is 0 Å². The van der Waals surface area contributed by atoms with Crippen LogP contribution in [0, 0.1) is 6.92 Å². The van der Waals surface area contributed by atoms with E-state index in [2.05, 4.69) is 39.1 Å². The number of aryl methyl sites for hydroxylation is 1. The lowest BCUT2D eigenvalue weighted by Crippen LogP contribution is -2.18. The van der Waals surface area contributed by atoms with Gasteiger partial charge in [-0.2, -0.15) is 0 Å². The highest BCUT2D eigenvalue weighted by Gasteiger charge is 2.10. The van der Waals surface area contributed by atoms with Crippen molar-refractivity contribution < 1.29 is 0 Å². The van der Waals surface area contributed by atoms with Crippen molar-refractivity contribution in [1.29, 1.82) is 0 Å². The molecule has 2 aromatic rings. The second-order valence-corrected chi connectivity index (χ2v) is 5.28. The normalized spacial score (nSPS) is 12.5. The van der Waals surface area contributed by atoms with Crippen LogP contribution in [-0.4, -0.2) is 30.1 Å². The number of hydrogen-bond acceptors (Lipinski definition) is 3. The Hall–Kier alpha value is -1.81. The van der Waals surface area contributed by atoms with E-state index in [0.29, 0.717) is 0 Å². The summed E-state index contributed by atoms with van der Waals surface area (Å²) in [5, 5.41) is 0. The largest absolute Gasteiger partial charge is 0.378 e. The van der Waals surface area contributed by atoms with Crippen LogP contribution in [0.15, 0.2) is 24.3 Å². The zero-order valence-electron chi connectivity index (χ0n) is 12.1. The third-order valence-corrected chi connectivity index (χ3v) is 3.11. The molecular formula is C15H22N4. The fourth-order valence-corrected chi connectivity index (χ4v) is 2.12. The maximum Gasteiger partial charge on any atom is 0.108 e. The Labute approximate surface area is 114 Å². The molecule has 2 rings (SSSR count). The second kappa shape index (κ2) is 5.45. The zero-order chi connectivity index (χ0) is 14.0. The average Bonchev–Trinajstić information content (AvgIpc) is 2.69. The van der Waals surface area contributed by atoms with Gasteiger partial charge in [0.2, 0.25) is 0 Å². The highest BCUT2D eigenvalue weighted by molar-refractivity contribution is 5.65. The zero-order valence-corrected chi connectivity index (χ0v) is 12.1. The van der Waals surface area contributed by atoms with E-state index in [0.717, 1.165) is 29.2 Å². The molecule has 4 heteroatoms. The number of benzene rings is 1. The molecule has 0 aliphatic heterocycles. The number of hydrogen-bond donors (Lipinski definition) is 2. The molecule has 0 radical (unpaired) electrons. The summed E-state index contributed by atoms with van der Waals surface area (Å²) in [6, 6.07) is 8.54. The predicted octanol–water partition coefficient (Wildman–Crippen LogP) is 2.34. The maximum absolute atomic E-state index is 5.81. The number of nitrogens with one attached hydrogen (secondary N) is 1. The molecular weight excluding hydrogens is 236 g/mol. The van der Waals surface area contributed by atoms with Gasteiger partial charge in [-0.15, -0.1) is 0 Å². The molecule has 102 valence electrons. The Bertz CT molecular complexity index is 538. The van der Waals surface area contributed by atoms with Gasteiger partial charge in [0.1, 0.15) is 5.82 Å². The van der Waals surface area contributed by atoms with Crippen LogP contribution >= 0.6 is 0 Å². The first-order chi connectivity index (χ1) is 8.97. The average molecular weight is 258 g/mol. The minimum absolute atomic E-state index is 0.120. The fraction of sp³-hybridized carbons (Fsp3) is 0.400. The van der Waals surface area contributed by atoms with Crippen molar-refractivity contribution in [3.63, 3.8) is 0 Å². The molecule has 1 heterocycles. The van der Waals surface area contributed by atoms with Gasteiger partial charge in [-0.25, -0.2) is 4.98 Å². The summed E-state index contributed by atoms with van der Waals surface area (Å²) in [5.74, 6) is 0.958. The summed E-state index contributed by atoms with van der Waals surface area (Å²) in [7, 11) is 4.07. The van der Waals surface area contributed by atoms with Crippen molar-refractivity contribution in [2.24, 2.45) is 5.73 Å². The number of aromatic amines is 1. The van der Waals surface area contributed by atoms with Crippen LogP contribution in [0.1, 0.15) is 18.4 Å². The molecule has 0 fully saturated rings. The number of nitrogens with zero attached hydrogens (tertiary/aromatic N) is 2. The van der Waals surface area contributed by atoms with E-state index >= 15 is 0 Å². The van der Waals surface area contributed by atoms with Gasteiger partial charge in [0, 0.05) is 43.5 Å². The predicted molar refractivity (Wildman–Crippen MR) is 80.4 cm³/mol. The molecule has 0 saturated heterocycles. The van der Waals surface area contributed by atoms with Crippen LogP contribution in [0.25, 0.3) is 11.3 Å². The van der Waals surface area contributed by atoms with Gasteiger partial charge in [0.15, 0.2) is 0 Å². The molecule has 1 aromatic carbocycles. The smallest absolute Gasteiger partial charge is 0.108 e. The molecule has 1 unspecified atom stereocenters. The van der Waals surface area contributed by atoms with Crippen LogP contribution < -0.4 is 10.6 Å². The van der Waals surface area contributed by atoms with E-state index in [1.54, 1.807) is 0 Å². The van der Waals surface area contributed by atoms with E-state index in [1.807, 2.05) is 27.9 Å². The van der Waals surface area contributed by atoms with Crippen molar-refractivity contribution in [2.45, 2.75) is 26.3 Å². The van der Waals surface area contributed by atoms with Gasteiger partial charge in [-0.1, -0.05) is 12.1 Å². The van der Waals surface area contributed by atoms with Crippen molar-refractivity contribution >= 4 is 5.69 Å². The fourth-order valence-electron chi connectivity index (χ4n) is 2.12. The van der Waals surface area contributed by atoms with Crippen LogP contribution in [-0.2, 0) is 6.42 Å². The molecule has 1 atom stereocenters. The van der Waals surface area contributed by atoms with E-state index in [-0.39, 0.29) is 6.04 Å². The van der Waals surface area contributed by atoms with E-state index in [1.165, 1.54) is 5.69 Å². The molecule has 0 amide bonds. The highest BCUT2D eigenvalue weighted by Crippen LogP contribution is 2.24. The van der Waals surface area contributed by atoms with Crippen molar-refractivity contribution in [2.75, 3.05) is 19.0 Å². The molecule has 0 aliphatic carbocycles.